The monoisotopic (exact) mass is 346 g/mol. The van der Waals surface area contributed by atoms with Crippen molar-refractivity contribution in [1.82, 2.24) is 10.2 Å². The molecule has 1 aromatic rings. The minimum absolute atomic E-state index is 0.00150. The first kappa shape index (κ1) is 18.5. The van der Waals surface area contributed by atoms with E-state index in [9.17, 15) is 23.1 Å². The minimum Gasteiger partial charge on any atom is -0.393 e. The van der Waals surface area contributed by atoms with E-state index < -0.39 is 17.8 Å². The molecule has 0 aliphatic carbocycles. The van der Waals surface area contributed by atoms with E-state index >= 15 is 0 Å². The van der Waals surface area contributed by atoms with Crippen LogP contribution in [-0.2, 0) is 17.5 Å². The number of nitrogens with zero attached hydrogens (tertiary/aromatic N) is 1. The number of amides is 2. The van der Waals surface area contributed by atoms with Crippen molar-refractivity contribution in [3.05, 3.63) is 35.4 Å². The number of urea groups is 1. The van der Waals surface area contributed by atoms with Crippen LogP contribution >= 0.6 is 0 Å². The summed E-state index contributed by atoms with van der Waals surface area (Å²) < 4.78 is 43.4. The van der Waals surface area contributed by atoms with Gasteiger partial charge in [0.15, 0.2) is 0 Å². The number of aliphatic hydroxyl groups excluding tert-OH is 1. The summed E-state index contributed by atoms with van der Waals surface area (Å²) in [7, 11) is 0. The Labute approximate surface area is 138 Å². The van der Waals surface area contributed by atoms with Gasteiger partial charge in [-0.2, -0.15) is 13.2 Å². The summed E-state index contributed by atoms with van der Waals surface area (Å²) in [5.41, 5.74) is -0.369. The van der Waals surface area contributed by atoms with Gasteiger partial charge in [-0.1, -0.05) is 12.1 Å². The van der Waals surface area contributed by atoms with E-state index in [0.29, 0.717) is 31.7 Å². The van der Waals surface area contributed by atoms with Crippen LogP contribution in [0.15, 0.2) is 24.3 Å². The Bertz CT molecular complexity index is 564. The first-order chi connectivity index (χ1) is 11.3. The second kappa shape index (κ2) is 7.85. The second-order valence-electron chi connectivity index (χ2n) is 5.86. The van der Waals surface area contributed by atoms with Gasteiger partial charge in [-0.15, -0.1) is 0 Å². The van der Waals surface area contributed by atoms with Gasteiger partial charge in [0.05, 0.1) is 30.9 Å². The molecule has 24 heavy (non-hydrogen) atoms. The molecule has 1 aliphatic rings. The molecule has 0 spiro atoms. The smallest absolute Gasteiger partial charge is 0.393 e. The van der Waals surface area contributed by atoms with E-state index in [1.54, 1.807) is 11.8 Å². The average Bonchev–Trinajstić information content (AvgIpc) is 2.52. The Morgan fingerprint density at radius 1 is 1.50 bits per heavy atom. The number of hydrogen-bond acceptors (Lipinski definition) is 3. The van der Waals surface area contributed by atoms with Crippen LogP contribution in [0.5, 0.6) is 0 Å². The van der Waals surface area contributed by atoms with Gasteiger partial charge in [-0.05, 0) is 31.0 Å². The Morgan fingerprint density at radius 3 is 2.92 bits per heavy atom. The molecular weight excluding hydrogens is 325 g/mol. The molecule has 1 aliphatic heterocycles. The molecule has 1 fully saturated rings. The topological polar surface area (TPSA) is 61.8 Å². The van der Waals surface area contributed by atoms with E-state index in [1.807, 2.05) is 0 Å². The number of carbonyl (C=O) groups is 1. The molecular formula is C16H21F3N2O3. The summed E-state index contributed by atoms with van der Waals surface area (Å²) >= 11 is 0. The number of nitrogens with one attached hydrogen (secondary N) is 1. The van der Waals surface area contributed by atoms with Gasteiger partial charge in [0.1, 0.15) is 0 Å². The minimum atomic E-state index is -4.41. The van der Waals surface area contributed by atoms with Crippen molar-refractivity contribution in [2.75, 3.05) is 19.8 Å². The third kappa shape index (κ3) is 5.10. The molecule has 1 aromatic carbocycles. The molecule has 2 rings (SSSR count). The second-order valence-corrected chi connectivity index (χ2v) is 5.86. The lowest BCUT2D eigenvalue weighted by atomic mass is 10.1. The van der Waals surface area contributed by atoms with Gasteiger partial charge in [0.2, 0.25) is 0 Å². The van der Waals surface area contributed by atoms with Crippen LogP contribution in [0, 0.1) is 0 Å². The van der Waals surface area contributed by atoms with E-state index in [2.05, 4.69) is 5.32 Å². The first-order valence-electron chi connectivity index (χ1n) is 7.74. The van der Waals surface area contributed by atoms with Gasteiger partial charge < -0.3 is 20.1 Å². The zero-order valence-corrected chi connectivity index (χ0v) is 13.3. The van der Waals surface area contributed by atoms with Gasteiger partial charge in [0.25, 0.3) is 0 Å². The van der Waals surface area contributed by atoms with Crippen molar-refractivity contribution < 1.29 is 27.8 Å². The Balaban J connectivity index is 1.96. The lowest BCUT2D eigenvalue weighted by Gasteiger charge is -2.36. The molecule has 0 radical (unpaired) electrons. The number of ether oxygens (including phenoxy) is 1. The molecule has 2 amide bonds. The molecule has 8 heteroatoms. The molecule has 0 bridgehead atoms. The maximum atomic E-state index is 12.7. The highest BCUT2D eigenvalue weighted by Gasteiger charge is 2.31. The molecule has 5 nitrogen and oxygen atoms in total. The number of alkyl halides is 3. The van der Waals surface area contributed by atoms with Crippen molar-refractivity contribution >= 4 is 6.03 Å². The van der Waals surface area contributed by atoms with Crippen molar-refractivity contribution in [1.29, 1.82) is 0 Å². The lowest BCUT2D eigenvalue weighted by molar-refractivity contribution is -0.137. The summed E-state index contributed by atoms with van der Waals surface area (Å²) in [6, 6.07) is 4.23. The molecule has 1 heterocycles. The predicted molar refractivity (Wildman–Crippen MR) is 81.3 cm³/mol. The van der Waals surface area contributed by atoms with Gasteiger partial charge in [0, 0.05) is 13.1 Å². The predicted octanol–water partition coefficient (Wildman–Crippen LogP) is 2.39. The molecule has 2 N–H and O–H groups in total. The van der Waals surface area contributed by atoms with E-state index in [-0.39, 0.29) is 18.6 Å². The zero-order chi connectivity index (χ0) is 17.7. The standard InChI is InChI=1S/C16H21F3N2O3/c1-11(22)7-14-10-24-6-5-21(14)15(23)20-9-12-3-2-4-13(8-12)16(17,18)19/h2-4,8,11,14,22H,5-7,9-10H2,1H3,(H,20,23)/t11-,14+/m0/s1. The summed E-state index contributed by atoms with van der Waals surface area (Å²) in [6.07, 6.45) is -4.60. The SMILES string of the molecule is C[C@H](O)C[C@@H]1COCCN1C(=O)NCc1cccc(C(F)(F)F)c1. The molecule has 2 atom stereocenters. The van der Waals surface area contributed by atoms with E-state index in [1.165, 1.54) is 12.1 Å². The quantitative estimate of drug-likeness (QED) is 0.880. The maximum absolute atomic E-state index is 12.7. The van der Waals surface area contributed by atoms with Crippen molar-refractivity contribution in [3.8, 4) is 0 Å². The summed E-state index contributed by atoms with van der Waals surface area (Å²) in [5.74, 6) is 0. The van der Waals surface area contributed by atoms with Crippen LogP contribution in [0.3, 0.4) is 0 Å². The van der Waals surface area contributed by atoms with Crippen LogP contribution in [0.1, 0.15) is 24.5 Å². The van der Waals surface area contributed by atoms with Crippen molar-refractivity contribution in [2.24, 2.45) is 0 Å². The molecule has 1 saturated heterocycles. The molecule has 0 saturated carbocycles. The van der Waals surface area contributed by atoms with E-state index in [0.717, 1.165) is 12.1 Å². The highest BCUT2D eigenvalue weighted by atomic mass is 19.4. The van der Waals surface area contributed by atoms with Gasteiger partial charge in [-0.25, -0.2) is 4.79 Å². The highest BCUT2D eigenvalue weighted by Crippen LogP contribution is 2.29. The average molecular weight is 346 g/mol. The largest absolute Gasteiger partial charge is 0.416 e. The Morgan fingerprint density at radius 2 is 2.25 bits per heavy atom. The van der Waals surface area contributed by atoms with Crippen LogP contribution in [0.4, 0.5) is 18.0 Å². The number of hydrogen-bond donors (Lipinski definition) is 2. The Kier molecular flexibility index (Phi) is 6.06. The fourth-order valence-corrected chi connectivity index (χ4v) is 2.65. The molecule has 0 unspecified atom stereocenters. The number of halogens is 3. The van der Waals surface area contributed by atoms with Gasteiger partial charge in [-0.3, -0.25) is 0 Å². The van der Waals surface area contributed by atoms with E-state index in [4.69, 9.17) is 4.74 Å². The molecule has 134 valence electrons. The van der Waals surface area contributed by atoms with Crippen molar-refractivity contribution in [3.63, 3.8) is 0 Å². The lowest BCUT2D eigenvalue weighted by Crippen LogP contribution is -2.53. The highest BCUT2D eigenvalue weighted by molar-refractivity contribution is 5.74. The van der Waals surface area contributed by atoms with Crippen LogP contribution < -0.4 is 5.32 Å². The Hall–Kier alpha value is -1.80. The molecule has 0 aromatic heterocycles. The summed E-state index contributed by atoms with van der Waals surface area (Å²) in [4.78, 5) is 13.9. The van der Waals surface area contributed by atoms with Crippen molar-refractivity contribution in [2.45, 2.75) is 38.2 Å². The fourth-order valence-electron chi connectivity index (χ4n) is 2.65. The number of carbonyl (C=O) groups excluding carboxylic acids is 1. The van der Waals surface area contributed by atoms with Crippen LogP contribution in [0.25, 0.3) is 0 Å². The zero-order valence-electron chi connectivity index (χ0n) is 13.3. The van der Waals surface area contributed by atoms with Crippen LogP contribution in [0.2, 0.25) is 0 Å². The normalized spacial score (nSPS) is 19.9. The van der Waals surface area contributed by atoms with Gasteiger partial charge >= 0.3 is 12.2 Å². The summed E-state index contributed by atoms with van der Waals surface area (Å²) in [6.45, 7) is 2.75. The van der Waals surface area contributed by atoms with Crippen LogP contribution in [-0.4, -0.2) is 47.9 Å². The summed E-state index contributed by atoms with van der Waals surface area (Å²) in [5, 5.41) is 12.1. The number of aliphatic hydroxyl groups is 1. The number of rotatable bonds is 4. The third-order valence-corrected chi connectivity index (χ3v) is 3.80. The maximum Gasteiger partial charge on any atom is 0.416 e. The number of morpholine rings is 1. The third-order valence-electron chi connectivity index (χ3n) is 3.80. The number of benzene rings is 1. The first-order valence-corrected chi connectivity index (χ1v) is 7.74. The fraction of sp³-hybridized carbons (Fsp3) is 0.562.